The van der Waals surface area contributed by atoms with Gasteiger partial charge in [-0.05, 0) is 363 Å². The van der Waals surface area contributed by atoms with Gasteiger partial charge in [0.05, 0.1) is 94.9 Å². The molecule has 5 aliphatic heterocycles. The van der Waals surface area contributed by atoms with Crippen LogP contribution in [0.3, 0.4) is 0 Å². The van der Waals surface area contributed by atoms with Crippen LogP contribution in [0.1, 0.15) is 224 Å². The fraction of sp³-hybridized carbons (Fsp3) is 0.274. The van der Waals surface area contributed by atoms with E-state index in [4.69, 9.17) is 54.2 Å². The summed E-state index contributed by atoms with van der Waals surface area (Å²) < 4.78 is 51.6. The Kier molecular flexibility index (Phi) is 34.9. The molecule has 0 fully saturated rings. The normalized spacial score (nSPS) is 15.7. The number of pyridine rings is 5. The molecule has 0 saturated carbocycles. The molecule has 768 valence electrons. The summed E-state index contributed by atoms with van der Waals surface area (Å²) in [5.74, 6) is 4.97. The first-order valence-electron chi connectivity index (χ1n) is 50.8. The van der Waals surface area contributed by atoms with Crippen LogP contribution in [0.25, 0.3) is 44.5 Å². The first-order valence-corrected chi connectivity index (χ1v) is 51.2. The predicted octanol–water partition coefficient (Wildman–Crippen LogP) is 26.5. The highest BCUT2D eigenvalue weighted by molar-refractivity contribution is 6.33. The Morgan fingerprint density at radius 3 is 1.13 bits per heavy atom. The average molecular weight is 2030 g/mol. The van der Waals surface area contributed by atoms with Gasteiger partial charge >= 0.3 is 29.8 Å². The van der Waals surface area contributed by atoms with E-state index in [0.717, 1.165) is 224 Å². The van der Waals surface area contributed by atoms with Gasteiger partial charge in [0.2, 0.25) is 0 Å². The zero-order valence-corrected chi connectivity index (χ0v) is 85.6. The minimum Gasteiger partial charge on any atom is -0.497 e. The van der Waals surface area contributed by atoms with Gasteiger partial charge in [0, 0.05) is 94.9 Å². The Balaban J connectivity index is 0.000000128. The number of carbonyl (C=O) groups is 5. The number of aryl methyl sites for hydroxylation is 8. The summed E-state index contributed by atoms with van der Waals surface area (Å²) in [5, 5.41) is 47.7. The number of hydrogen-bond donors (Lipinski definition) is 5. The second-order valence-electron chi connectivity index (χ2n) is 38.1. The molecule has 26 heteroatoms. The maximum absolute atomic E-state index is 11.5. The van der Waals surface area contributed by atoms with Gasteiger partial charge in [-0.1, -0.05) is 120 Å². The zero-order chi connectivity index (χ0) is 105. The molecular weight excluding hydrogens is 1910 g/mol. The minimum absolute atomic E-state index is 0.297. The highest BCUT2D eigenvalue weighted by Crippen LogP contribution is 2.49. The number of carboxylic acids is 5. The van der Waals surface area contributed by atoms with Crippen LogP contribution in [-0.4, -0.2) is 148 Å². The van der Waals surface area contributed by atoms with Gasteiger partial charge in [-0.25, -0.2) is 24.0 Å². The number of rotatable bonds is 29. The third-order valence-electron chi connectivity index (χ3n) is 29.0. The SMILES string of the molecule is COc1cc(C)ccc1-c1ccc2c(c1)OCCC2CCc1cnccc1C(=O)O.COc1ccc(C)cc1-c1ccc2c(c1)OCCC2CCc1cnccc1C(=O)O.COc1ccc(Cl)c(-c2ccc3c(c2)OCCC3CCc2cnccc2C(=O)O)c1.COc1ccccc1-c1ccc2c(c1)OCCC2CCc1cnccc1C(=O)O.O=C(O)c1ccncc1CCC1CCCc2cc(N3CCOc4ccccc43)ccc21. The molecule has 10 aromatic carbocycles. The molecule has 5 aromatic heterocycles. The second kappa shape index (κ2) is 49.9. The van der Waals surface area contributed by atoms with E-state index in [-0.39, 0.29) is 0 Å². The summed E-state index contributed by atoms with van der Waals surface area (Å²) in [6.45, 7) is 8.25. The number of hydrogen-bond acceptors (Lipinski definition) is 20. The Hall–Kier alpha value is -16.4. The molecule has 5 N–H and O–H groups in total. The highest BCUT2D eigenvalue weighted by Gasteiger charge is 2.32. The maximum atomic E-state index is 11.5. The van der Waals surface area contributed by atoms with Crippen molar-refractivity contribution in [3.05, 3.63) is 392 Å². The van der Waals surface area contributed by atoms with Gasteiger partial charge in [0.15, 0.2) is 0 Å². The standard InChI is InChI=1S/C26H26N2O3.2C25H25NO4.C24H22ClNO4.C24H23NO4/c29-26(30)23-12-13-27-17-20(23)9-8-18-4-3-5-19-16-21(10-11-22(18)19)28-14-15-31-25-7-2-1-6-24(25)28;1-16-3-8-23(29-2)22(13-16)18-6-7-20-17(10-12-30-24(20)14-18)4-5-19-15-26-11-9-21(19)25(27)28;1-16-3-7-21(23(13-16)29-2)18-6-8-20-17(10-12-30-24(20)14-18)4-5-19-15-26-11-9-22(19)25(27)28;1-29-18-5-7-22(25)21(13-18)16-4-6-19-15(9-11-30-23(19)12-16)2-3-17-14-26-10-8-20(17)24(27)28;1-28-22-5-3-2-4-19(22)17-8-9-20-16(11-13-29-23(20)14-17)6-7-18-15-25-12-10-21(18)24(26)27/h1-2,6-7,10-13,16-18H,3-5,8-9,14-15H2,(H,29,30);2*3,6-9,11,13-15,17H,4-5,10,12H2,1-2H3,(H,27,28);4-8,10,12-15H,2-3,9,11H2,1H3,(H,27,28);2-5,8-10,12,14-16H,6-7,11,13H2,1H3,(H,26,27). The number of methoxy groups -OCH3 is 4. The van der Waals surface area contributed by atoms with Gasteiger partial charge in [0.25, 0.3) is 0 Å². The Morgan fingerprint density at radius 1 is 0.333 bits per heavy atom. The molecule has 0 bridgehead atoms. The molecule has 21 rings (SSSR count). The number of aromatic carboxylic acids is 5. The van der Waals surface area contributed by atoms with E-state index in [1.807, 2.05) is 91.9 Å². The molecule has 6 aliphatic rings. The molecule has 5 unspecified atom stereocenters. The van der Waals surface area contributed by atoms with Crippen LogP contribution >= 0.6 is 11.6 Å². The number of aromatic nitrogens is 5. The molecule has 15 aromatic rings. The quantitative estimate of drug-likeness (QED) is 0.0291. The average Bonchev–Trinajstić information content (AvgIpc) is 0.794. The molecular formula is C124H121ClN6O19. The lowest BCUT2D eigenvalue weighted by Crippen LogP contribution is -2.28. The van der Waals surface area contributed by atoms with Crippen molar-refractivity contribution in [3.8, 4) is 96.3 Å². The third-order valence-corrected chi connectivity index (χ3v) is 29.4. The summed E-state index contributed by atoms with van der Waals surface area (Å²) in [4.78, 5) is 80.2. The Morgan fingerprint density at radius 2 is 0.700 bits per heavy atom. The van der Waals surface area contributed by atoms with Crippen molar-refractivity contribution < 1.29 is 92.1 Å². The third kappa shape index (κ3) is 25.3. The Bertz CT molecular complexity index is 7380. The van der Waals surface area contributed by atoms with E-state index in [1.54, 1.807) is 96.0 Å². The van der Waals surface area contributed by atoms with Gasteiger partial charge in [-0.15, -0.1) is 0 Å². The largest absolute Gasteiger partial charge is 0.497 e. The van der Waals surface area contributed by atoms with E-state index < -0.39 is 29.8 Å². The van der Waals surface area contributed by atoms with Crippen molar-refractivity contribution in [3.63, 3.8) is 0 Å². The molecule has 150 heavy (non-hydrogen) atoms. The van der Waals surface area contributed by atoms with Crippen molar-refractivity contribution in [2.75, 3.05) is 72.9 Å². The number of nitrogens with zero attached hydrogens (tertiary/aromatic N) is 6. The van der Waals surface area contributed by atoms with E-state index in [0.29, 0.717) is 121 Å². The van der Waals surface area contributed by atoms with Gasteiger partial charge in [-0.2, -0.15) is 0 Å². The van der Waals surface area contributed by atoms with Crippen LogP contribution in [-0.2, 0) is 38.5 Å². The summed E-state index contributed by atoms with van der Waals surface area (Å²) in [6, 6.07) is 73.9. The van der Waals surface area contributed by atoms with Crippen molar-refractivity contribution >= 4 is 52.8 Å². The van der Waals surface area contributed by atoms with Gasteiger partial charge in [0.1, 0.15) is 58.4 Å². The van der Waals surface area contributed by atoms with Gasteiger partial charge in [-0.3, -0.25) is 24.9 Å². The Labute approximate surface area is 877 Å². The molecule has 5 atom stereocenters. The number of carboxylic acid groups (broad SMARTS) is 5. The zero-order valence-electron chi connectivity index (χ0n) is 84.8. The number of benzene rings is 10. The van der Waals surface area contributed by atoms with E-state index in [9.17, 15) is 49.5 Å². The molecule has 0 spiro atoms. The molecule has 0 saturated heterocycles. The van der Waals surface area contributed by atoms with Crippen LogP contribution in [0, 0.1) is 13.8 Å². The molecule has 0 amide bonds. The van der Waals surface area contributed by atoms with Crippen molar-refractivity contribution in [1.82, 2.24) is 24.9 Å². The van der Waals surface area contributed by atoms with Gasteiger partial charge < -0.3 is 73.1 Å². The summed E-state index contributed by atoms with van der Waals surface area (Å²) in [5.41, 5.74) is 25.9. The van der Waals surface area contributed by atoms with Crippen LogP contribution in [0.5, 0.6) is 51.7 Å². The summed E-state index contributed by atoms with van der Waals surface area (Å²) in [7, 11) is 6.68. The molecule has 10 heterocycles. The number of fused-ring (bicyclic) bond motifs is 6. The summed E-state index contributed by atoms with van der Waals surface area (Å²) >= 11 is 6.41. The predicted molar refractivity (Wildman–Crippen MR) is 578 cm³/mol. The van der Waals surface area contributed by atoms with E-state index in [2.05, 4.69) is 146 Å². The lowest BCUT2D eigenvalue weighted by molar-refractivity contribution is 0.0684. The first kappa shape index (κ1) is 105. The van der Waals surface area contributed by atoms with Crippen LogP contribution < -0.4 is 47.5 Å². The molecule has 0 radical (unpaired) electrons. The lowest BCUT2D eigenvalue weighted by atomic mass is 9.79. The van der Waals surface area contributed by atoms with E-state index in [1.165, 1.54) is 70.3 Å². The lowest BCUT2D eigenvalue weighted by Gasteiger charge is -2.33. The minimum atomic E-state index is -0.917. The fourth-order valence-electron chi connectivity index (χ4n) is 21.2. The second-order valence-corrected chi connectivity index (χ2v) is 38.5. The maximum Gasteiger partial charge on any atom is 0.336 e. The van der Waals surface area contributed by atoms with Crippen LogP contribution in [0.4, 0.5) is 11.4 Å². The van der Waals surface area contributed by atoms with Crippen molar-refractivity contribution in [2.45, 2.75) is 153 Å². The van der Waals surface area contributed by atoms with Crippen LogP contribution in [0.2, 0.25) is 5.02 Å². The van der Waals surface area contributed by atoms with Crippen LogP contribution in [0.15, 0.2) is 286 Å². The smallest absolute Gasteiger partial charge is 0.336 e. The fourth-order valence-corrected chi connectivity index (χ4v) is 21.4. The highest BCUT2D eigenvalue weighted by atomic mass is 35.5. The monoisotopic (exact) mass is 2030 g/mol. The summed E-state index contributed by atoms with van der Waals surface area (Å²) in [6.07, 6.45) is 30.8. The molecule has 25 nitrogen and oxygen atoms in total. The van der Waals surface area contributed by atoms with E-state index >= 15 is 0 Å². The number of para-hydroxylation sites is 3. The van der Waals surface area contributed by atoms with Crippen molar-refractivity contribution in [1.29, 1.82) is 0 Å². The van der Waals surface area contributed by atoms with Crippen molar-refractivity contribution in [2.24, 2.45) is 0 Å². The topological polar surface area (TPSA) is 337 Å². The number of ether oxygens (including phenoxy) is 9. The number of halogens is 1. The first-order chi connectivity index (χ1) is 73.1. The number of anilines is 2. The molecule has 1 aliphatic carbocycles.